The summed E-state index contributed by atoms with van der Waals surface area (Å²) in [6.07, 6.45) is -1.81. The molecule has 0 aromatic heterocycles. The Kier molecular flexibility index (Phi) is 4.57. The van der Waals surface area contributed by atoms with E-state index in [1.807, 2.05) is 0 Å². The van der Waals surface area contributed by atoms with E-state index in [2.05, 4.69) is 14.5 Å². The van der Waals surface area contributed by atoms with Gasteiger partial charge in [0.25, 0.3) is 0 Å². The van der Waals surface area contributed by atoms with Crippen LogP contribution in [0, 0.1) is 0 Å². The van der Waals surface area contributed by atoms with Crippen LogP contribution in [-0.4, -0.2) is 29.3 Å². The third-order valence-corrected chi connectivity index (χ3v) is 0.924. The van der Waals surface area contributed by atoms with Crippen molar-refractivity contribution in [1.82, 2.24) is 0 Å². The van der Waals surface area contributed by atoms with Crippen LogP contribution in [0.3, 0.4) is 0 Å². The first-order valence-electron chi connectivity index (χ1n) is 3.59. The van der Waals surface area contributed by atoms with Crippen molar-refractivity contribution in [2.75, 3.05) is 0 Å². The minimum Gasteiger partial charge on any atom is -0.390 e. The van der Waals surface area contributed by atoms with Crippen LogP contribution < -0.4 is 0 Å². The normalized spacial score (nSPS) is 10.2. The molecule has 0 amide bonds. The number of carbonyl (C=O) groups excluding carboxylic acids is 3. The molecule has 0 saturated heterocycles. The van der Waals surface area contributed by atoms with Crippen LogP contribution in [0.15, 0.2) is 0 Å². The number of aliphatic hydroxyl groups is 1. The number of hydrogen-bond donors (Lipinski definition) is 1. The Labute approximate surface area is 79.5 Å². The van der Waals surface area contributed by atoms with Gasteiger partial charge in [0.15, 0.2) is 0 Å². The van der Waals surface area contributed by atoms with Gasteiger partial charge >= 0.3 is 18.6 Å². The maximum Gasteiger partial charge on any atom is 0.557 e. The van der Waals surface area contributed by atoms with Crippen LogP contribution in [-0.2, 0) is 24.1 Å². The Morgan fingerprint density at radius 2 is 1.93 bits per heavy atom. The predicted octanol–water partition coefficient (Wildman–Crippen LogP) is -0.0848. The lowest BCUT2D eigenvalue weighted by atomic mass is 10.1. The molecule has 0 atom stereocenters. The molecule has 14 heavy (non-hydrogen) atoms. The SMILES string of the molecule is CC(C)(O)CC(=O)OOC(=O)OC=O. The molecule has 7 heteroatoms. The number of carbonyl (C=O) groups is 3. The molecule has 1 N–H and O–H groups in total. The summed E-state index contributed by atoms with van der Waals surface area (Å²) in [5.74, 6) is -0.958. The highest BCUT2D eigenvalue weighted by Crippen LogP contribution is 2.08. The summed E-state index contributed by atoms with van der Waals surface area (Å²) in [6, 6.07) is 0. The zero-order chi connectivity index (χ0) is 11.2. The van der Waals surface area contributed by atoms with Gasteiger partial charge in [0.2, 0.25) is 0 Å². The predicted molar refractivity (Wildman–Crippen MR) is 40.6 cm³/mol. The maximum absolute atomic E-state index is 10.8. The number of hydrogen-bond acceptors (Lipinski definition) is 7. The van der Waals surface area contributed by atoms with E-state index in [1.54, 1.807) is 0 Å². The summed E-state index contributed by atoms with van der Waals surface area (Å²) < 4.78 is 3.64. The fourth-order valence-electron chi connectivity index (χ4n) is 0.522. The van der Waals surface area contributed by atoms with Crippen LogP contribution in [0.2, 0.25) is 0 Å². The van der Waals surface area contributed by atoms with Crippen molar-refractivity contribution in [1.29, 1.82) is 0 Å². The van der Waals surface area contributed by atoms with Gasteiger partial charge in [0.1, 0.15) is 0 Å². The summed E-state index contributed by atoms with van der Waals surface area (Å²) >= 11 is 0. The average Bonchev–Trinajstić information content (AvgIpc) is 1.98. The van der Waals surface area contributed by atoms with Gasteiger partial charge in [-0.05, 0) is 13.8 Å². The second kappa shape index (κ2) is 5.18. The monoisotopic (exact) mass is 206 g/mol. The zero-order valence-corrected chi connectivity index (χ0v) is 7.68. The van der Waals surface area contributed by atoms with E-state index in [1.165, 1.54) is 13.8 Å². The van der Waals surface area contributed by atoms with Crippen molar-refractivity contribution in [3.05, 3.63) is 0 Å². The fourth-order valence-corrected chi connectivity index (χ4v) is 0.522. The van der Waals surface area contributed by atoms with E-state index < -0.39 is 17.7 Å². The van der Waals surface area contributed by atoms with Crippen LogP contribution in [0.1, 0.15) is 20.3 Å². The summed E-state index contributed by atoms with van der Waals surface area (Å²) in [6.45, 7) is 2.57. The first-order valence-corrected chi connectivity index (χ1v) is 3.59. The Morgan fingerprint density at radius 1 is 1.36 bits per heavy atom. The molecule has 0 saturated carbocycles. The lowest BCUT2D eigenvalue weighted by Crippen LogP contribution is -2.25. The van der Waals surface area contributed by atoms with Gasteiger partial charge < -0.3 is 9.84 Å². The molecule has 80 valence electrons. The molecular formula is C7H10O7. The summed E-state index contributed by atoms with van der Waals surface area (Å²) in [5, 5.41) is 9.13. The Morgan fingerprint density at radius 3 is 2.36 bits per heavy atom. The van der Waals surface area contributed by atoms with Gasteiger partial charge in [-0.1, -0.05) is 0 Å². The van der Waals surface area contributed by atoms with E-state index in [0.717, 1.165) is 0 Å². The highest BCUT2D eigenvalue weighted by Gasteiger charge is 2.21. The largest absolute Gasteiger partial charge is 0.557 e. The van der Waals surface area contributed by atoms with Crippen LogP contribution in [0.25, 0.3) is 0 Å². The minimum absolute atomic E-state index is 0.174. The molecule has 0 heterocycles. The topological polar surface area (TPSA) is 99.1 Å². The van der Waals surface area contributed by atoms with E-state index in [4.69, 9.17) is 5.11 Å². The van der Waals surface area contributed by atoms with Crippen LogP contribution >= 0.6 is 0 Å². The maximum atomic E-state index is 10.8. The van der Waals surface area contributed by atoms with Gasteiger partial charge in [0.05, 0.1) is 12.0 Å². The molecule has 0 bridgehead atoms. The molecule has 7 nitrogen and oxygen atoms in total. The Hall–Kier alpha value is -1.63. The third kappa shape index (κ3) is 7.04. The van der Waals surface area contributed by atoms with Gasteiger partial charge in [-0.25, -0.2) is 14.6 Å². The molecule has 0 aromatic rings. The molecule has 0 aromatic carbocycles. The molecule has 0 radical (unpaired) electrons. The smallest absolute Gasteiger partial charge is 0.390 e. The second-order valence-electron chi connectivity index (χ2n) is 2.99. The van der Waals surface area contributed by atoms with Crippen molar-refractivity contribution in [2.24, 2.45) is 0 Å². The third-order valence-electron chi connectivity index (χ3n) is 0.924. The molecule has 0 fully saturated rings. The van der Waals surface area contributed by atoms with Gasteiger partial charge in [-0.15, -0.1) is 0 Å². The molecule has 0 spiro atoms. The van der Waals surface area contributed by atoms with E-state index >= 15 is 0 Å². The van der Waals surface area contributed by atoms with E-state index in [-0.39, 0.29) is 12.9 Å². The average molecular weight is 206 g/mol. The lowest BCUT2D eigenvalue weighted by Gasteiger charge is -2.13. The second-order valence-corrected chi connectivity index (χ2v) is 2.99. The van der Waals surface area contributed by atoms with Crippen LogP contribution in [0.5, 0.6) is 0 Å². The molecule has 0 unspecified atom stereocenters. The fraction of sp³-hybridized carbons (Fsp3) is 0.571. The first-order chi connectivity index (χ1) is 6.35. The summed E-state index contributed by atoms with van der Waals surface area (Å²) in [7, 11) is 0. The highest BCUT2D eigenvalue weighted by atomic mass is 17.2. The Bertz CT molecular complexity index is 227. The van der Waals surface area contributed by atoms with Crippen molar-refractivity contribution in [3.8, 4) is 0 Å². The number of ether oxygens (including phenoxy) is 1. The summed E-state index contributed by atoms with van der Waals surface area (Å²) in [5.41, 5.74) is -1.27. The molecular weight excluding hydrogens is 196 g/mol. The van der Waals surface area contributed by atoms with Gasteiger partial charge in [0, 0.05) is 0 Å². The molecule has 0 aliphatic heterocycles. The number of rotatable bonds is 3. The lowest BCUT2D eigenvalue weighted by molar-refractivity contribution is -0.244. The van der Waals surface area contributed by atoms with Crippen molar-refractivity contribution in [2.45, 2.75) is 25.9 Å². The molecule has 0 aliphatic carbocycles. The zero-order valence-electron chi connectivity index (χ0n) is 7.68. The van der Waals surface area contributed by atoms with Gasteiger partial charge in [-0.3, -0.25) is 4.79 Å². The Balaban J connectivity index is 3.75. The molecule has 0 aliphatic rings. The van der Waals surface area contributed by atoms with Crippen molar-refractivity contribution >= 4 is 18.6 Å². The van der Waals surface area contributed by atoms with Crippen molar-refractivity contribution in [3.63, 3.8) is 0 Å². The van der Waals surface area contributed by atoms with E-state index in [9.17, 15) is 14.4 Å². The van der Waals surface area contributed by atoms with E-state index in [0.29, 0.717) is 0 Å². The molecule has 0 rings (SSSR count). The first kappa shape index (κ1) is 12.4. The van der Waals surface area contributed by atoms with Crippen molar-refractivity contribution < 1.29 is 34.0 Å². The van der Waals surface area contributed by atoms with Gasteiger partial charge in [-0.2, -0.15) is 4.79 Å². The minimum atomic E-state index is -1.45. The standard InChI is InChI=1S/C7H10O7/c1-7(2,11)3-5(9)13-14-6(10)12-4-8/h4,11H,3H2,1-2H3. The highest BCUT2D eigenvalue weighted by molar-refractivity contribution is 5.73. The quantitative estimate of drug-likeness (QED) is 0.226. The summed E-state index contributed by atoms with van der Waals surface area (Å²) in [4.78, 5) is 38.3. The van der Waals surface area contributed by atoms with Crippen LogP contribution in [0.4, 0.5) is 4.79 Å².